The third-order valence-electron chi connectivity index (χ3n) is 6.56. The number of nitrogens with one attached hydrogen (secondary N) is 1. The quantitative estimate of drug-likeness (QED) is 0.529. The van der Waals surface area contributed by atoms with Gasteiger partial charge in [0.25, 0.3) is 11.5 Å². The molecule has 0 aliphatic carbocycles. The number of benzene rings is 2. The summed E-state index contributed by atoms with van der Waals surface area (Å²) in [5.74, 6) is -0.480. The molecule has 1 aromatic heterocycles. The molecule has 4 rings (SSSR count). The molecule has 9 heteroatoms. The van der Waals surface area contributed by atoms with E-state index in [2.05, 4.69) is 5.32 Å². The van der Waals surface area contributed by atoms with Crippen LogP contribution in [-0.2, 0) is 19.9 Å². The molecule has 0 fully saturated rings. The third-order valence-corrected chi connectivity index (χ3v) is 6.56. The van der Waals surface area contributed by atoms with E-state index in [4.69, 9.17) is 10.5 Å². The second-order valence-corrected chi connectivity index (χ2v) is 9.54. The topological polar surface area (TPSA) is 129 Å². The number of nitrogens with two attached hydrogens (primary N) is 1. The lowest BCUT2D eigenvalue weighted by molar-refractivity contribution is 0.101. The van der Waals surface area contributed by atoms with Crippen LogP contribution in [0, 0.1) is 13.8 Å². The van der Waals surface area contributed by atoms with E-state index >= 15 is 0 Å². The highest BCUT2D eigenvalue weighted by molar-refractivity contribution is 6.09. The molecule has 2 heterocycles. The van der Waals surface area contributed by atoms with Crippen molar-refractivity contribution in [2.45, 2.75) is 53.1 Å². The standard InChI is InChI=1S/C26H30N4O5/c1-7-15-9-8-10-16(11-15)30-22(27)19(24(33)29(6)25(30)34)28-23(32)18-14(3)20(31)13(2)17-12-26(4,5)35-21(17)18/h8-11,31H,7,12,27H2,1-6H3,(H,28,32). The van der Waals surface area contributed by atoms with Crippen molar-refractivity contribution in [3.8, 4) is 17.2 Å². The number of aromatic hydroxyl groups is 1. The summed E-state index contributed by atoms with van der Waals surface area (Å²) in [7, 11) is 1.33. The van der Waals surface area contributed by atoms with Gasteiger partial charge in [-0.2, -0.15) is 0 Å². The number of aromatic nitrogens is 2. The van der Waals surface area contributed by atoms with E-state index in [1.165, 1.54) is 11.6 Å². The summed E-state index contributed by atoms with van der Waals surface area (Å²) in [4.78, 5) is 39.5. The van der Waals surface area contributed by atoms with E-state index in [-0.39, 0.29) is 22.8 Å². The Hall–Kier alpha value is -4.01. The number of anilines is 2. The third kappa shape index (κ3) is 3.86. The number of rotatable bonds is 4. The second-order valence-electron chi connectivity index (χ2n) is 9.54. The zero-order chi connectivity index (χ0) is 25.8. The largest absolute Gasteiger partial charge is 0.507 e. The van der Waals surface area contributed by atoms with Crippen LogP contribution in [0.2, 0.25) is 0 Å². The first-order valence-corrected chi connectivity index (χ1v) is 11.4. The number of amides is 1. The first kappa shape index (κ1) is 24.1. The number of nitrogen functional groups attached to an aromatic ring is 1. The van der Waals surface area contributed by atoms with Gasteiger partial charge in [0.2, 0.25) is 0 Å². The number of fused-ring (bicyclic) bond motifs is 1. The first-order valence-electron chi connectivity index (χ1n) is 11.4. The molecule has 184 valence electrons. The number of carbonyl (C=O) groups excluding carboxylic acids is 1. The van der Waals surface area contributed by atoms with Crippen molar-refractivity contribution in [1.29, 1.82) is 0 Å². The van der Waals surface area contributed by atoms with E-state index in [0.717, 1.165) is 22.1 Å². The van der Waals surface area contributed by atoms with Gasteiger partial charge in [0.15, 0.2) is 0 Å². The van der Waals surface area contributed by atoms with Gasteiger partial charge in [-0.15, -0.1) is 0 Å². The fourth-order valence-corrected chi connectivity index (χ4v) is 4.56. The van der Waals surface area contributed by atoms with Gasteiger partial charge in [0, 0.05) is 24.6 Å². The summed E-state index contributed by atoms with van der Waals surface area (Å²) in [5.41, 5.74) is 7.45. The lowest BCUT2D eigenvalue weighted by atomic mass is 9.92. The number of ether oxygens (including phenoxy) is 1. The molecule has 0 radical (unpaired) electrons. The molecule has 35 heavy (non-hydrogen) atoms. The van der Waals surface area contributed by atoms with Gasteiger partial charge >= 0.3 is 5.69 Å². The Morgan fingerprint density at radius 3 is 2.57 bits per heavy atom. The fraction of sp³-hybridized carbons (Fsp3) is 0.346. The highest BCUT2D eigenvalue weighted by Gasteiger charge is 2.37. The highest BCUT2D eigenvalue weighted by Crippen LogP contribution is 2.45. The summed E-state index contributed by atoms with van der Waals surface area (Å²) in [6.45, 7) is 9.17. The molecule has 0 bridgehead atoms. The van der Waals surface area contributed by atoms with Crippen LogP contribution in [0.1, 0.15) is 53.4 Å². The smallest absolute Gasteiger partial charge is 0.337 e. The maximum atomic E-state index is 13.5. The minimum absolute atomic E-state index is 0.00238. The van der Waals surface area contributed by atoms with Gasteiger partial charge in [-0.3, -0.25) is 14.2 Å². The molecule has 0 spiro atoms. The summed E-state index contributed by atoms with van der Waals surface area (Å²) < 4.78 is 8.17. The van der Waals surface area contributed by atoms with Crippen LogP contribution in [0.15, 0.2) is 33.9 Å². The monoisotopic (exact) mass is 478 g/mol. The van der Waals surface area contributed by atoms with Crippen molar-refractivity contribution >= 4 is 17.4 Å². The van der Waals surface area contributed by atoms with Gasteiger partial charge in [0.1, 0.15) is 28.6 Å². The van der Waals surface area contributed by atoms with E-state index in [9.17, 15) is 19.5 Å². The van der Waals surface area contributed by atoms with Crippen LogP contribution >= 0.6 is 0 Å². The average molecular weight is 479 g/mol. The van der Waals surface area contributed by atoms with E-state index in [1.54, 1.807) is 32.0 Å². The molecule has 1 amide bonds. The number of hydrogen-bond donors (Lipinski definition) is 3. The number of phenolic OH excluding ortho intramolecular Hbond substituents is 1. The van der Waals surface area contributed by atoms with Crippen LogP contribution in [0.3, 0.4) is 0 Å². The second kappa shape index (κ2) is 8.33. The summed E-state index contributed by atoms with van der Waals surface area (Å²) in [5, 5.41) is 13.3. The van der Waals surface area contributed by atoms with Crippen molar-refractivity contribution in [2.75, 3.05) is 11.1 Å². The SMILES string of the molecule is CCc1cccc(-n2c(N)c(NC(=O)c3c(C)c(O)c(C)c4c3OC(C)(C)C4)c(=O)n(C)c2=O)c1. The Bertz CT molecular complexity index is 1500. The molecule has 3 aromatic rings. The molecule has 1 aliphatic rings. The summed E-state index contributed by atoms with van der Waals surface area (Å²) in [6.07, 6.45) is 1.26. The van der Waals surface area contributed by atoms with Crippen LogP contribution in [0.25, 0.3) is 5.69 Å². The van der Waals surface area contributed by atoms with Gasteiger partial charge in [0.05, 0.1) is 11.3 Å². The number of hydrogen-bond acceptors (Lipinski definition) is 6. The van der Waals surface area contributed by atoms with Crippen molar-refractivity contribution in [1.82, 2.24) is 9.13 Å². The normalized spacial score (nSPS) is 13.9. The van der Waals surface area contributed by atoms with Crippen molar-refractivity contribution < 1.29 is 14.6 Å². The minimum Gasteiger partial charge on any atom is -0.507 e. The molecular weight excluding hydrogens is 448 g/mol. The van der Waals surface area contributed by atoms with Crippen LogP contribution < -0.4 is 27.0 Å². The van der Waals surface area contributed by atoms with Gasteiger partial charge < -0.3 is 20.9 Å². The Balaban J connectivity index is 1.88. The number of aryl methyl sites for hydroxylation is 1. The lowest BCUT2D eigenvalue weighted by Gasteiger charge is -2.20. The van der Waals surface area contributed by atoms with E-state index < -0.39 is 22.8 Å². The number of nitrogens with zero attached hydrogens (tertiary/aromatic N) is 2. The molecule has 4 N–H and O–H groups in total. The zero-order valence-electron chi connectivity index (χ0n) is 20.8. The predicted molar refractivity (Wildman–Crippen MR) is 135 cm³/mol. The molecule has 0 saturated carbocycles. The Morgan fingerprint density at radius 1 is 1.23 bits per heavy atom. The zero-order valence-corrected chi connectivity index (χ0v) is 20.8. The summed E-state index contributed by atoms with van der Waals surface area (Å²) >= 11 is 0. The van der Waals surface area contributed by atoms with E-state index in [1.807, 2.05) is 26.8 Å². The molecule has 0 saturated heterocycles. The van der Waals surface area contributed by atoms with Crippen LogP contribution in [0.5, 0.6) is 11.5 Å². The van der Waals surface area contributed by atoms with Gasteiger partial charge in [-0.05, 0) is 57.4 Å². The Kier molecular flexibility index (Phi) is 5.75. The molecule has 9 nitrogen and oxygen atoms in total. The van der Waals surface area contributed by atoms with Crippen LogP contribution in [-0.4, -0.2) is 25.7 Å². The average Bonchev–Trinajstić information content (AvgIpc) is 3.14. The predicted octanol–water partition coefficient (Wildman–Crippen LogP) is 2.97. The first-order chi connectivity index (χ1) is 16.4. The molecule has 2 aromatic carbocycles. The summed E-state index contributed by atoms with van der Waals surface area (Å²) in [6, 6.07) is 7.23. The maximum Gasteiger partial charge on any atom is 0.337 e. The lowest BCUT2D eigenvalue weighted by Crippen LogP contribution is -2.40. The molecule has 0 unspecified atom stereocenters. The van der Waals surface area contributed by atoms with Crippen molar-refractivity contribution in [3.05, 3.63) is 72.9 Å². The van der Waals surface area contributed by atoms with Crippen molar-refractivity contribution in [2.24, 2.45) is 7.05 Å². The number of carbonyl (C=O) groups is 1. The maximum absolute atomic E-state index is 13.5. The molecule has 0 atom stereocenters. The van der Waals surface area contributed by atoms with Crippen LogP contribution in [0.4, 0.5) is 11.5 Å². The van der Waals surface area contributed by atoms with Crippen molar-refractivity contribution in [3.63, 3.8) is 0 Å². The minimum atomic E-state index is -0.740. The highest BCUT2D eigenvalue weighted by atomic mass is 16.5. The van der Waals surface area contributed by atoms with Gasteiger partial charge in [-0.1, -0.05) is 19.1 Å². The molecule has 1 aliphatic heterocycles. The van der Waals surface area contributed by atoms with E-state index in [0.29, 0.717) is 29.0 Å². The number of phenols is 1. The fourth-order valence-electron chi connectivity index (χ4n) is 4.56. The Morgan fingerprint density at radius 2 is 1.91 bits per heavy atom. The van der Waals surface area contributed by atoms with Gasteiger partial charge in [-0.25, -0.2) is 9.36 Å². The Labute approximate surface area is 202 Å². The molecular formula is C26H30N4O5.